The molecule has 86 valence electrons. The fraction of sp³-hybridized carbons (Fsp3) is 0.200. The highest BCUT2D eigenvalue weighted by Gasteiger charge is 2.15. The van der Waals surface area contributed by atoms with Gasteiger partial charge in [-0.15, -0.1) is 0 Å². The van der Waals surface area contributed by atoms with E-state index in [9.17, 15) is 4.79 Å². The lowest BCUT2D eigenvalue weighted by Gasteiger charge is -1.90. The van der Waals surface area contributed by atoms with Crippen LogP contribution >= 0.6 is 11.3 Å². The highest BCUT2D eigenvalue weighted by atomic mass is 32.1. The third-order valence-electron chi connectivity index (χ3n) is 2.66. The van der Waals surface area contributed by atoms with Gasteiger partial charge in [-0.3, -0.25) is 9.20 Å². The summed E-state index contributed by atoms with van der Waals surface area (Å²) in [6, 6.07) is 0. The van der Waals surface area contributed by atoms with Crippen molar-refractivity contribution >= 4 is 22.6 Å². The van der Waals surface area contributed by atoms with Crippen LogP contribution in [0.2, 0.25) is 0 Å². The molecule has 0 spiro atoms. The Morgan fingerprint density at radius 3 is 2.82 bits per heavy atom. The number of aldehydes is 1. The Bertz CT molecular complexity index is 707. The van der Waals surface area contributed by atoms with Gasteiger partial charge in [-0.25, -0.2) is 4.98 Å². The molecule has 0 fully saturated rings. The minimum absolute atomic E-state index is 0.705. The fourth-order valence-corrected chi connectivity index (χ4v) is 2.64. The van der Waals surface area contributed by atoms with Crippen molar-refractivity contribution in [2.75, 3.05) is 0 Å². The van der Waals surface area contributed by atoms with E-state index in [1.165, 1.54) is 11.3 Å². The SMILES string of the molecule is Cc1n[nH]nc1-c1cn2c(C)c(C=O)sc2n1. The van der Waals surface area contributed by atoms with E-state index >= 15 is 0 Å². The van der Waals surface area contributed by atoms with Gasteiger partial charge >= 0.3 is 0 Å². The molecule has 17 heavy (non-hydrogen) atoms. The summed E-state index contributed by atoms with van der Waals surface area (Å²) in [5.74, 6) is 0. The third kappa shape index (κ3) is 1.39. The highest BCUT2D eigenvalue weighted by molar-refractivity contribution is 7.18. The Morgan fingerprint density at radius 1 is 1.41 bits per heavy atom. The summed E-state index contributed by atoms with van der Waals surface area (Å²) >= 11 is 1.37. The lowest BCUT2D eigenvalue weighted by atomic mass is 10.3. The van der Waals surface area contributed by atoms with Crippen molar-refractivity contribution in [3.63, 3.8) is 0 Å². The molecule has 0 bridgehead atoms. The van der Waals surface area contributed by atoms with Crippen LogP contribution in [0, 0.1) is 13.8 Å². The van der Waals surface area contributed by atoms with Gasteiger partial charge in [0.25, 0.3) is 0 Å². The molecule has 3 aromatic rings. The van der Waals surface area contributed by atoms with E-state index in [4.69, 9.17) is 0 Å². The van der Waals surface area contributed by atoms with Gasteiger partial charge in [0.2, 0.25) is 0 Å². The molecule has 0 unspecified atom stereocenters. The molecule has 0 aromatic carbocycles. The number of carbonyl (C=O) groups is 1. The van der Waals surface area contributed by atoms with Gasteiger partial charge in [-0.1, -0.05) is 11.3 Å². The Balaban J connectivity index is 2.22. The zero-order valence-corrected chi connectivity index (χ0v) is 10.1. The smallest absolute Gasteiger partial charge is 0.195 e. The second-order valence-corrected chi connectivity index (χ2v) is 4.72. The molecule has 7 heteroatoms. The van der Waals surface area contributed by atoms with E-state index in [0.29, 0.717) is 4.88 Å². The molecule has 0 amide bonds. The van der Waals surface area contributed by atoms with Crippen molar-refractivity contribution < 1.29 is 4.79 Å². The Kier molecular flexibility index (Phi) is 2.08. The lowest BCUT2D eigenvalue weighted by molar-refractivity contribution is 0.112. The second-order valence-electron chi connectivity index (χ2n) is 3.71. The Labute approximate surface area is 100 Å². The summed E-state index contributed by atoms with van der Waals surface area (Å²) in [5.41, 5.74) is 3.22. The molecule has 3 heterocycles. The van der Waals surface area contributed by atoms with Gasteiger partial charge in [-0.05, 0) is 13.8 Å². The number of nitrogens with zero attached hydrogens (tertiary/aromatic N) is 4. The minimum Gasteiger partial charge on any atom is -0.297 e. The fourth-order valence-electron chi connectivity index (χ4n) is 1.72. The van der Waals surface area contributed by atoms with Gasteiger partial charge < -0.3 is 0 Å². The van der Waals surface area contributed by atoms with Crippen LogP contribution in [0.15, 0.2) is 6.20 Å². The minimum atomic E-state index is 0.705. The third-order valence-corrected chi connectivity index (χ3v) is 3.75. The maximum absolute atomic E-state index is 10.8. The molecule has 0 radical (unpaired) electrons. The molecule has 0 aliphatic carbocycles. The monoisotopic (exact) mass is 247 g/mol. The van der Waals surface area contributed by atoms with Crippen molar-refractivity contribution in [2.45, 2.75) is 13.8 Å². The van der Waals surface area contributed by atoms with Gasteiger partial charge in [0.05, 0.1) is 10.6 Å². The highest BCUT2D eigenvalue weighted by Crippen LogP contribution is 2.25. The van der Waals surface area contributed by atoms with Gasteiger partial charge in [-0.2, -0.15) is 15.4 Å². The summed E-state index contributed by atoms with van der Waals surface area (Å²) in [7, 11) is 0. The first-order valence-electron chi connectivity index (χ1n) is 5.02. The normalized spacial score (nSPS) is 11.2. The van der Waals surface area contributed by atoms with Crippen LogP contribution in [0.5, 0.6) is 0 Å². The van der Waals surface area contributed by atoms with E-state index in [1.807, 2.05) is 24.4 Å². The molecule has 1 N–H and O–H groups in total. The number of carbonyl (C=O) groups excluding carboxylic acids is 1. The topological polar surface area (TPSA) is 75.9 Å². The molecule has 0 saturated carbocycles. The van der Waals surface area contributed by atoms with Crippen molar-refractivity contribution in [2.24, 2.45) is 0 Å². The summed E-state index contributed by atoms with van der Waals surface area (Å²) in [5, 5.41) is 10.6. The van der Waals surface area contributed by atoms with Crippen LogP contribution in [-0.2, 0) is 0 Å². The number of thiazole rings is 1. The number of hydrogen-bond donors (Lipinski definition) is 1. The van der Waals surface area contributed by atoms with Crippen molar-refractivity contribution in [1.29, 1.82) is 0 Å². The maximum atomic E-state index is 10.8. The van der Waals surface area contributed by atoms with Crippen LogP contribution in [0.1, 0.15) is 21.1 Å². The van der Waals surface area contributed by atoms with Crippen LogP contribution in [0.25, 0.3) is 16.3 Å². The molecule has 0 saturated heterocycles. The number of H-pyrrole nitrogens is 1. The first kappa shape index (κ1) is 10.2. The van der Waals surface area contributed by atoms with Crippen LogP contribution in [0.4, 0.5) is 0 Å². The predicted octanol–water partition coefficient (Wildman–Crippen LogP) is 1.61. The van der Waals surface area contributed by atoms with Crippen LogP contribution in [-0.4, -0.2) is 31.1 Å². The van der Waals surface area contributed by atoms with Crippen LogP contribution < -0.4 is 0 Å². The molecule has 6 nitrogen and oxygen atoms in total. The standard InChI is InChI=1S/C10H9N5OS/c1-5-9(13-14-12-5)7-3-15-6(2)8(4-16)17-10(15)11-7/h3-4H,1-2H3,(H,12,13,14). The summed E-state index contributed by atoms with van der Waals surface area (Å²) in [6.45, 7) is 3.77. The van der Waals surface area contributed by atoms with E-state index in [0.717, 1.165) is 34.0 Å². The number of nitrogens with one attached hydrogen (secondary N) is 1. The van der Waals surface area contributed by atoms with Crippen LogP contribution in [0.3, 0.4) is 0 Å². The first-order valence-corrected chi connectivity index (χ1v) is 5.83. The summed E-state index contributed by atoms with van der Waals surface area (Å²) in [4.78, 5) is 16.7. The number of aryl methyl sites for hydroxylation is 2. The van der Waals surface area contributed by atoms with Gasteiger partial charge in [0.15, 0.2) is 11.2 Å². The molecule has 0 atom stereocenters. The number of hydrogen-bond acceptors (Lipinski definition) is 5. The number of imidazole rings is 1. The zero-order valence-electron chi connectivity index (χ0n) is 9.26. The number of aromatic amines is 1. The van der Waals surface area contributed by atoms with E-state index in [2.05, 4.69) is 20.4 Å². The lowest BCUT2D eigenvalue weighted by Crippen LogP contribution is -1.85. The van der Waals surface area contributed by atoms with Crippen molar-refractivity contribution in [3.05, 3.63) is 22.5 Å². The summed E-state index contributed by atoms with van der Waals surface area (Å²) in [6.07, 6.45) is 2.73. The van der Waals surface area contributed by atoms with E-state index < -0.39 is 0 Å². The molecular weight excluding hydrogens is 238 g/mol. The molecule has 3 rings (SSSR count). The average Bonchev–Trinajstić information content (AvgIpc) is 2.95. The van der Waals surface area contributed by atoms with Gasteiger partial charge in [0.1, 0.15) is 11.4 Å². The summed E-state index contributed by atoms with van der Waals surface area (Å²) < 4.78 is 1.90. The maximum Gasteiger partial charge on any atom is 0.195 e. The predicted molar refractivity (Wildman–Crippen MR) is 63.3 cm³/mol. The zero-order chi connectivity index (χ0) is 12.0. The first-order chi connectivity index (χ1) is 8.20. The Morgan fingerprint density at radius 2 is 2.24 bits per heavy atom. The molecular formula is C10H9N5OS. The van der Waals surface area contributed by atoms with Gasteiger partial charge in [0, 0.05) is 11.9 Å². The Hall–Kier alpha value is -2.02. The molecule has 0 aliphatic heterocycles. The molecule has 3 aromatic heterocycles. The van der Waals surface area contributed by atoms with Crippen molar-refractivity contribution in [1.82, 2.24) is 24.8 Å². The average molecular weight is 247 g/mol. The number of aromatic nitrogens is 5. The number of fused-ring (bicyclic) bond motifs is 1. The largest absolute Gasteiger partial charge is 0.297 e. The quantitative estimate of drug-likeness (QED) is 0.698. The molecule has 0 aliphatic rings. The van der Waals surface area contributed by atoms with E-state index in [1.54, 1.807) is 0 Å². The number of rotatable bonds is 2. The van der Waals surface area contributed by atoms with Crippen molar-refractivity contribution in [3.8, 4) is 11.4 Å². The van der Waals surface area contributed by atoms with E-state index in [-0.39, 0.29) is 0 Å². The second kappa shape index (κ2) is 3.49.